The molecule has 218 valence electrons. The number of rotatable bonds is 6. The molecule has 0 aliphatic heterocycles. The van der Waals surface area contributed by atoms with Crippen molar-refractivity contribution in [2.45, 2.75) is 12.5 Å². The number of fused-ring (bicyclic) bond motifs is 1. The van der Waals surface area contributed by atoms with E-state index in [1.54, 1.807) is 36.4 Å². The minimum absolute atomic E-state index is 0.0258. The summed E-state index contributed by atoms with van der Waals surface area (Å²) in [5.74, 6) is -1.12. The van der Waals surface area contributed by atoms with Crippen LogP contribution in [0.4, 0.5) is 42.5 Å². The zero-order valence-electron chi connectivity index (χ0n) is 21.8. The summed E-state index contributed by atoms with van der Waals surface area (Å²) in [4.78, 5) is 30.3. The van der Waals surface area contributed by atoms with Gasteiger partial charge in [-0.3, -0.25) is 9.78 Å². The topological polar surface area (TPSA) is 80.3 Å². The number of urea groups is 1. The van der Waals surface area contributed by atoms with E-state index in [0.717, 1.165) is 18.3 Å². The van der Waals surface area contributed by atoms with Gasteiger partial charge in [-0.05, 0) is 35.9 Å². The number of carbonyl (C=O) groups is 2. The number of halogens is 6. The minimum atomic E-state index is -4.99. The van der Waals surface area contributed by atoms with Gasteiger partial charge in [0, 0.05) is 34.0 Å². The highest BCUT2D eigenvalue weighted by Crippen LogP contribution is 2.39. The second kappa shape index (κ2) is 11.5. The summed E-state index contributed by atoms with van der Waals surface area (Å²) in [6, 6.07) is 21.6. The lowest BCUT2D eigenvalue weighted by Gasteiger charge is -2.17. The van der Waals surface area contributed by atoms with Crippen molar-refractivity contribution >= 4 is 34.1 Å². The Hall–Kier alpha value is -5.39. The van der Waals surface area contributed by atoms with Crippen molar-refractivity contribution in [3.05, 3.63) is 120 Å². The van der Waals surface area contributed by atoms with Gasteiger partial charge in [0.2, 0.25) is 0 Å². The number of pyridine rings is 1. The summed E-state index contributed by atoms with van der Waals surface area (Å²) in [5, 5.41) is 4.82. The minimum Gasteiger partial charge on any atom is -0.404 e. The average molecular weight is 595 g/mol. The number of aromatic nitrogens is 1. The predicted octanol–water partition coefficient (Wildman–Crippen LogP) is 8.69. The second-order valence-electron chi connectivity index (χ2n) is 9.15. The van der Waals surface area contributed by atoms with Gasteiger partial charge in [0.1, 0.15) is 0 Å². The van der Waals surface area contributed by atoms with Crippen LogP contribution in [-0.4, -0.2) is 23.2 Å². The maximum Gasteiger partial charge on any atom is 0.573 e. The van der Waals surface area contributed by atoms with Crippen LogP contribution < -0.4 is 15.4 Å². The summed E-state index contributed by atoms with van der Waals surface area (Å²) in [7, 11) is 0. The number of nitrogens with zero attached hydrogens (tertiary/aromatic N) is 1. The molecule has 0 saturated carbocycles. The number of hydrogen-bond acceptors (Lipinski definition) is 4. The van der Waals surface area contributed by atoms with Gasteiger partial charge in [-0.2, -0.15) is 13.2 Å². The Kier molecular flexibility index (Phi) is 7.77. The van der Waals surface area contributed by atoms with Crippen molar-refractivity contribution in [3.8, 4) is 16.9 Å². The van der Waals surface area contributed by atoms with Gasteiger partial charge in [0.15, 0.2) is 11.5 Å². The Morgan fingerprint density at radius 2 is 1.44 bits per heavy atom. The zero-order valence-corrected chi connectivity index (χ0v) is 21.8. The molecule has 0 spiro atoms. The molecule has 0 bridgehead atoms. The summed E-state index contributed by atoms with van der Waals surface area (Å²) in [6.45, 7) is 0. The smallest absolute Gasteiger partial charge is 0.404 e. The van der Waals surface area contributed by atoms with Gasteiger partial charge in [-0.1, -0.05) is 66.7 Å². The molecule has 0 saturated heterocycles. The van der Waals surface area contributed by atoms with E-state index in [1.807, 2.05) is 0 Å². The number of carbonyl (C=O) groups excluding carboxylic acids is 2. The van der Waals surface area contributed by atoms with E-state index in [1.165, 1.54) is 48.5 Å². The summed E-state index contributed by atoms with van der Waals surface area (Å²) >= 11 is 0. The molecule has 1 aromatic heterocycles. The van der Waals surface area contributed by atoms with Crippen molar-refractivity contribution < 1.29 is 40.7 Å². The largest absolute Gasteiger partial charge is 0.573 e. The van der Waals surface area contributed by atoms with E-state index in [-0.39, 0.29) is 44.5 Å². The third-order valence-electron chi connectivity index (χ3n) is 6.25. The number of nitrogens with one attached hydrogen (secondary N) is 2. The first kappa shape index (κ1) is 29.1. The van der Waals surface area contributed by atoms with Crippen LogP contribution in [0.15, 0.2) is 103 Å². The number of amides is 2. The molecule has 0 aliphatic carbocycles. The van der Waals surface area contributed by atoms with E-state index >= 15 is 0 Å². The predicted molar refractivity (Wildman–Crippen MR) is 148 cm³/mol. The number of ketones is 1. The molecule has 6 nitrogen and oxygen atoms in total. The Labute approximate surface area is 239 Å². The molecular weight excluding hydrogens is 576 g/mol. The number of anilines is 2. The quantitative estimate of drug-likeness (QED) is 0.152. The first-order valence-corrected chi connectivity index (χ1v) is 12.5. The fourth-order valence-electron chi connectivity index (χ4n) is 4.50. The zero-order chi connectivity index (χ0) is 30.8. The third-order valence-corrected chi connectivity index (χ3v) is 6.25. The monoisotopic (exact) mass is 595 g/mol. The molecular formula is C31H19F6N3O3. The highest BCUT2D eigenvalue weighted by molar-refractivity contribution is 6.17. The van der Waals surface area contributed by atoms with Crippen LogP contribution in [0, 0.1) is 0 Å². The first-order valence-electron chi connectivity index (χ1n) is 12.5. The first-order chi connectivity index (χ1) is 20.4. The lowest BCUT2D eigenvalue weighted by atomic mass is 9.91. The van der Waals surface area contributed by atoms with Crippen molar-refractivity contribution in [1.29, 1.82) is 0 Å². The number of alkyl halides is 6. The fraction of sp³-hybridized carbons (Fsp3) is 0.0645. The standard InChI is InChI=1S/C31H19F6N3O3/c32-30(33,34)23-13-7-12-21-26(22(17-38-27(21)23)28(41)18-8-2-1-3-9-18)19-10-6-11-20(16-19)39-29(42)40-24-14-4-5-15-25(24)43-31(35,36)37/h1-17H,(H2,39,40,42). The van der Waals surface area contributed by atoms with Crippen LogP contribution in [0.3, 0.4) is 0 Å². The van der Waals surface area contributed by atoms with Crippen LogP contribution >= 0.6 is 0 Å². The van der Waals surface area contributed by atoms with E-state index < -0.39 is 35.7 Å². The van der Waals surface area contributed by atoms with E-state index in [0.29, 0.717) is 0 Å². The lowest BCUT2D eigenvalue weighted by Crippen LogP contribution is -2.22. The molecule has 0 atom stereocenters. The van der Waals surface area contributed by atoms with Gasteiger partial charge in [0.25, 0.3) is 0 Å². The molecule has 0 fully saturated rings. The normalized spacial score (nSPS) is 11.7. The van der Waals surface area contributed by atoms with Gasteiger partial charge in [-0.15, -0.1) is 13.2 Å². The molecule has 12 heteroatoms. The van der Waals surface area contributed by atoms with E-state index in [4.69, 9.17) is 0 Å². The average Bonchev–Trinajstić information content (AvgIpc) is 2.96. The molecule has 43 heavy (non-hydrogen) atoms. The summed E-state index contributed by atoms with van der Waals surface area (Å²) in [5.41, 5.74) is -0.737. The van der Waals surface area contributed by atoms with Crippen molar-refractivity contribution in [2.24, 2.45) is 0 Å². The maximum absolute atomic E-state index is 13.8. The molecule has 2 N–H and O–H groups in total. The van der Waals surface area contributed by atoms with Gasteiger partial charge < -0.3 is 15.4 Å². The van der Waals surface area contributed by atoms with Crippen molar-refractivity contribution in [1.82, 2.24) is 4.98 Å². The number of benzene rings is 4. The van der Waals surface area contributed by atoms with Crippen molar-refractivity contribution in [3.63, 3.8) is 0 Å². The molecule has 0 aliphatic rings. The van der Waals surface area contributed by atoms with Gasteiger partial charge in [0.05, 0.1) is 16.8 Å². The maximum atomic E-state index is 13.8. The summed E-state index contributed by atoms with van der Waals surface area (Å²) < 4.78 is 83.8. The summed E-state index contributed by atoms with van der Waals surface area (Å²) in [6.07, 6.45) is -8.62. The molecule has 4 aromatic carbocycles. The van der Waals surface area contributed by atoms with E-state index in [2.05, 4.69) is 20.4 Å². The Morgan fingerprint density at radius 1 is 0.744 bits per heavy atom. The molecule has 5 rings (SSSR count). The number of hydrogen-bond donors (Lipinski definition) is 2. The Balaban J connectivity index is 1.55. The van der Waals surface area contributed by atoms with Crippen molar-refractivity contribution in [2.75, 3.05) is 10.6 Å². The molecule has 0 radical (unpaired) electrons. The molecule has 2 amide bonds. The van der Waals surface area contributed by atoms with Gasteiger partial charge in [-0.25, -0.2) is 4.79 Å². The van der Waals surface area contributed by atoms with E-state index in [9.17, 15) is 35.9 Å². The lowest BCUT2D eigenvalue weighted by molar-refractivity contribution is -0.274. The number of ether oxygens (including phenoxy) is 1. The molecule has 0 unspecified atom stereocenters. The SMILES string of the molecule is O=C(Nc1cccc(-c2c(C(=O)c3ccccc3)cnc3c(C(F)(F)F)cccc23)c1)Nc1ccccc1OC(F)(F)F. The highest BCUT2D eigenvalue weighted by atomic mass is 19.4. The second-order valence-corrected chi connectivity index (χ2v) is 9.15. The Bertz CT molecular complexity index is 1820. The van der Waals surface area contributed by atoms with Crippen LogP contribution in [0.1, 0.15) is 21.5 Å². The van der Waals surface area contributed by atoms with Crippen LogP contribution in [0.5, 0.6) is 5.75 Å². The Morgan fingerprint density at radius 3 is 2.16 bits per heavy atom. The third kappa shape index (κ3) is 6.58. The van der Waals surface area contributed by atoms with Crippen LogP contribution in [0.25, 0.3) is 22.0 Å². The molecule has 1 heterocycles. The highest BCUT2D eigenvalue weighted by Gasteiger charge is 2.34. The molecule has 5 aromatic rings. The van der Waals surface area contributed by atoms with Gasteiger partial charge >= 0.3 is 18.6 Å². The fourth-order valence-corrected chi connectivity index (χ4v) is 4.50. The van der Waals surface area contributed by atoms with Crippen LogP contribution in [0.2, 0.25) is 0 Å². The number of para-hydroxylation sites is 3. The van der Waals surface area contributed by atoms with Crippen LogP contribution in [-0.2, 0) is 6.18 Å².